The highest BCUT2D eigenvalue weighted by atomic mass is 19.1. The van der Waals surface area contributed by atoms with Crippen molar-refractivity contribution in [1.82, 2.24) is 10.6 Å². The van der Waals surface area contributed by atoms with E-state index in [-0.39, 0.29) is 5.82 Å². The zero-order valence-corrected chi connectivity index (χ0v) is 13.5. The van der Waals surface area contributed by atoms with Crippen LogP contribution in [0.4, 0.5) is 4.39 Å². The molecule has 1 unspecified atom stereocenters. The van der Waals surface area contributed by atoms with Crippen molar-refractivity contribution < 1.29 is 9.13 Å². The van der Waals surface area contributed by atoms with E-state index < -0.39 is 6.35 Å². The van der Waals surface area contributed by atoms with Gasteiger partial charge in [-0.2, -0.15) is 0 Å². The summed E-state index contributed by atoms with van der Waals surface area (Å²) in [4.78, 5) is 4.25. The zero-order valence-electron chi connectivity index (χ0n) is 13.5. The molecule has 0 saturated carbocycles. The first kappa shape index (κ1) is 17.3. The van der Waals surface area contributed by atoms with E-state index in [1.54, 1.807) is 31.4 Å². The number of amidine groups is 1. The second-order valence-electron chi connectivity index (χ2n) is 5.00. The zero-order chi connectivity index (χ0) is 17.5. The number of hydrogen-bond donors (Lipinski definition) is 4. The quantitative estimate of drug-likeness (QED) is 0.366. The summed E-state index contributed by atoms with van der Waals surface area (Å²) in [5.41, 5.74) is 8.21. The second kappa shape index (κ2) is 7.96. The van der Waals surface area contributed by atoms with Gasteiger partial charge >= 0.3 is 0 Å². The number of ether oxygens (including phenoxy) is 1. The molecule has 0 bridgehead atoms. The van der Waals surface area contributed by atoms with Crippen LogP contribution in [0.5, 0.6) is 0 Å². The number of nitrogens with zero attached hydrogens (tertiary/aromatic N) is 1. The summed E-state index contributed by atoms with van der Waals surface area (Å²) in [6.07, 6.45) is 5.43. The van der Waals surface area contributed by atoms with E-state index in [0.29, 0.717) is 22.9 Å². The van der Waals surface area contributed by atoms with Gasteiger partial charge in [-0.15, -0.1) is 0 Å². The molecule has 1 aromatic rings. The average Bonchev–Trinajstić information content (AvgIpc) is 2.97. The molecule has 1 heterocycles. The van der Waals surface area contributed by atoms with E-state index >= 15 is 0 Å². The summed E-state index contributed by atoms with van der Waals surface area (Å²) in [6.45, 7) is 3.50. The Balaban J connectivity index is 2.47. The maximum Gasteiger partial charge on any atom is 0.247 e. The molecule has 0 aromatic heterocycles. The van der Waals surface area contributed by atoms with Gasteiger partial charge in [-0.1, -0.05) is 6.08 Å². The normalized spacial score (nSPS) is 18.5. The molecule has 126 valence electrons. The number of nitrogens with two attached hydrogens (primary N) is 1. The molecular formula is C17H20FN5O. The fraction of sp³-hybridized carbons (Fsp3) is 0.176. The van der Waals surface area contributed by atoms with Crippen LogP contribution in [-0.4, -0.2) is 18.4 Å². The van der Waals surface area contributed by atoms with Crippen LogP contribution in [0.3, 0.4) is 0 Å². The lowest BCUT2D eigenvalue weighted by Gasteiger charge is -2.13. The molecule has 5 N–H and O–H groups in total. The van der Waals surface area contributed by atoms with Crippen molar-refractivity contribution in [2.75, 3.05) is 0 Å². The largest absolute Gasteiger partial charge is 0.460 e. The van der Waals surface area contributed by atoms with Crippen LogP contribution in [0.2, 0.25) is 0 Å². The van der Waals surface area contributed by atoms with Crippen LogP contribution in [0.15, 0.2) is 59.1 Å². The fourth-order valence-electron chi connectivity index (χ4n) is 2.16. The van der Waals surface area contributed by atoms with Crippen LogP contribution in [-0.2, 0) is 4.74 Å². The predicted molar refractivity (Wildman–Crippen MR) is 93.4 cm³/mol. The van der Waals surface area contributed by atoms with E-state index in [4.69, 9.17) is 15.9 Å². The summed E-state index contributed by atoms with van der Waals surface area (Å²) in [7, 11) is 0. The summed E-state index contributed by atoms with van der Waals surface area (Å²) in [6, 6.07) is 6.05. The van der Waals surface area contributed by atoms with Gasteiger partial charge in [0.25, 0.3) is 0 Å². The highest BCUT2D eigenvalue weighted by Gasteiger charge is 2.26. The molecule has 7 heteroatoms. The molecule has 0 amide bonds. The monoisotopic (exact) mass is 329 g/mol. The lowest BCUT2D eigenvalue weighted by molar-refractivity contribution is 0.116. The third kappa shape index (κ3) is 4.22. The number of benzene rings is 1. The van der Waals surface area contributed by atoms with Gasteiger partial charge in [-0.3, -0.25) is 0 Å². The van der Waals surface area contributed by atoms with Gasteiger partial charge < -0.3 is 26.5 Å². The first-order chi connectivity index (χ1) is 11.5. The first-order valence-electron chi connectivity index (χ1n) is 7.37. The Labute approximate surface area is 140 Å². The molecular weight excluding hydrogens is 309 g/mol. The number of aliphatic imine (C=N–C) groups is 1. The number of allylic oxidation sites excluding steroid dienone is 2. The number of halogens is 1. The van der Waals surface area contributed by atoms with Gasteiger partial charge in [-0.05, 0) is 44.2 Å². The number of hydrogen-bond acceptors (Lipinski definition) is 5. The smallest absolute Gasteiger partial charge is 0.247 e. The second-order valence-corrected chi connectivity index (χ2v) is 5.00. The van der Waals surface area contributed by atoms with Crippen molar-refractivity contribution in [3.8, 4) is 0 Å². The van der Waals surface area contributed by atoms with Crippen molar-refractivity contribution in [3.63, 3.8) is 0 Å². The SMILES string of the molecule is C/C=C\OC1NC(C(=C/C=N)/N=C(\C)N)=C(c2ccc(F)cc2)N1. The lowest BCUT2D eigenvalue weighted by atomic mass is 10.1. The van der Waals surface area contributed by atoms with E-state index in [2.05, 4.69) is 15.6 Å². The third-order valence-electron chi connectivity index (χ3n) is 3.08. The maximum atomic E-state index is 13.2. The molecule has 24 heavy (non-hydrogen) atoms. The van der Waals surface area contributed by atoms with Gasteiger partial charge in [0, 0.05) is 11.8 Å². The summed E-state index contributed by atoms with van der Waals surface area (Å²) in [5, 5.41) is 13.6. The molecule has 1 aliphatic heterocycles. The molecule has 1 aliphatic rings. The van der Waals surface area contributed by atoms with Gasteiger partial charge in [0.05, 0.1) is 29.2 Å². The van der Waals surface area contributed by atoms with Crippen LogP contribution < -0.4 is 16.4 Å². The number of rotatable bonds is 6. The Kier molecular flexibility index (Phi) is 5.73. The Morgan fingerprint density at radius 3 is 2.62 bits per heavy atom. The predicted octanol–water partition coefficient (Wildman–Crippen LogP) is 2.43. The summed E-state index contributed by atoms with van der Waals surface area (Å²) in [5.74, 6) is 0.0355. The fourth-order valence-corrected chi connectivity index (χ4v) is 2.16. The standard InChI is InChI=1S/C17H20FN5O/c1-3-10-24-17-22-15(12-4-6-13(18)7-5-12)16(23-17)14(8-9-19)21-11(2)20/h3-10,17,19,22-23H,1-2H3,(H2,20,21)/b10-3-,14-8-,19-9?. The van der Waals surface area contributed by atoms with Crippen LogP contribution in [0, 0.1) is 11.2 Å². The van der Waals surface area contributed by atoms with Crippen LogP contribution >= 0.6 is 0 Å². The van der Waals surface area contributed by atoms with Gasteiger partial charge in [0.1, 0.15) is 5.82 Å². The minimum Gasteiger partial charge on any atom is -0.460 e. The molecule has 6 nitrogen and oxygen atoms in total. The molecule has 0 aliphatic carbocycles. The Morgan fingerprint density at radius 2 is 2.04 bits per heavy atom. The van der Waals surface area contributed by atoms with E-state index in [9.17, 15) is 4.39 Å². The summed E-state index contributed by atoms with van der Waals surface area (Å²) >= 11 is 0. The first-order valence-corrected chi connectivity index (χ1v) is 7.37. The molecule has 1 atom stereocenters. The molecule has 0 spiro atoms. The van der Waals surface area contributed by atoms with Gasteiger partial charge in [-0.25, -0.2) is 9.38 Å². The highest BCUT2D eigenvalue weighted by Crippen LogP contribution is 2.26. The minimum atomic E-state index is -0.515. The molecule has 1 aromatic carbocycles. The van der Waals surface area contributed by atoms with E-state index in [1.807, 2.05) is 6.92 Å². The van der Waals surface area contributed by atoms with E-state index in [1.165, 1.54) is 18.2 Å². The summed E-state index contributed by atoms with van der Waals surface area (Å²) < 4.78 is 18.7. The Hall–Kier alpha value is -3.09. The molecule has 0 radical (unpaired) electrons. The topological polar surface area (TPSA) is 95.5 Å². The van der Waals surface area contributed by atoms with Crippen molar-refractivity contribution in [2.24, 2.45) is 10.7 Å². The maximum absolute atomic E-state index is 13.2. The highest BCUT2D eigenvalue weighted by molar-refractivity contribution is 5.83. The van der Waals surface area contributed by atoms with Crippen LogP contribution in [0.25, 0.3) is 5.70 Å². The molecule has 2 rings (SSSR count). The van der Waals surface area contributed by atoms with Crippen molar-refractivity contribution >= 4 is 17.7 Å². The Bertz CT molecular complexity index is 715. The molecule has 0 saturated heterocycles. The van der Waals surface area contributed by atoms with Gasteiger partial charge in [0.2, 0.25) is 6.35 Å². The minimum absolute atomic E-state index is 0.320. The lowest BCUT2D eigenvalue weighted by Crippen LogP contribution is -2.34. The van der Waals surface area contributed by atoms with Gasteiger partial charge in [0.15, 0.2) is 0 Å². The molecule has 0 fully saturated rings. The van der Waals surface area contributed by atoms with Crippen molar-refractivity contribution in [1.29, 1.82) is 5.41 Å². The third-order valence-corrected chi connectivity index (χ3v) is 3.08. The van der Waals surface area contributed by atoms with Crippen molar-refractivity contribution in [3.05, 3.63) is 65.5 Å². The van der Waals surface area contributed by atoms with E-state index in [0.717, 1.165) is 11.8 Å². The van der Waals surface area contributed by atoms with Crippen LogP contribution in [0.1, 0.15) is 19.4 Å². The van der Waals surface area contributed by atoms with Crippen molar-refractivity contribution in [2.45, 2.75) is 20.2 Å². The Morgan fingerprint density at radius 1 is 1.33 bits per heavy atom. The number of nitrogens with one attached hydrogen (secondary N) is 3. The average molecular weight is 329 g/mol.